The molecule has 23 heavy (non-hydrogen) atoms. The van der Waals surface area contributed by atoms with E-state index in [4.69, 9.17) is 11.6 Å². The average molecular weight is 347 g/mol. The van der Waals surface area contributed by atoms with Crippen LogP contribution in [0.15, 0.2) is 24.3 Å². The second-order valence-corrected chi connectivity index (χ2v) is 7.28. The molecule has 3 nitrogen and oxygen atoms in total. The summed E-state index contributed by atoms with van der Waals surface area (Å²) in [4.78, 5) is 13.5. The van der Waals surface area contributed by atoms with Gasteiger partial charge in [-0.25, -0.2) is 0 Å². The number of halogens is 1. The molecule has 0 aliphatic rings. The molecule has 2 heterocycles. The number of carbonyl (C=O) groups is 1. The van der Waals surface area contributed by atoms with E-state index < -0.39 is 0 Å². The van der Waals surface area contributed by atoms with Gasteiger partial charge in [-0.3, -0.25) is 4.79 Å². The molecule has 0 bridgehead atoms. The maximum absolute atomic E-state index is 13.0. The van der Waals surface area contributed by atoms with E-state index >= 15 is 0 Å². The van der Waals surface area contributed by atoms with Crippen LogP contribution in [0.4, 0.5) is 0 Å². The fraction of sp³-hybridized carbons (Fsp3) is 0.333. The van der Waals surface area contributed by atoms with Crippen LogP contribution in [0.25, 0.3) is 10.1 Å². The molecule has 0 aliphatic carbocycles. The summed E-state index contributed by atoms with van der Waals surface area (Å²) in [5, 5.41) is 5.93. The Hall–Kier alpha value is -1.65. The minimum absolute atomic E-state index is 0.147. The summed E-state index contributed by atoms with van der Waals surface area (Å²) < 4.78 is 2.53. The summed E-state index contributed by atoms with van der Waals surface area (Å²) in [7, 11) is 0. The zero-order valence-corrected chi connectivity index (χ0v) is 15.3. The van der Waals surface area contributed by atoms with Gasteiger partial charge in [0.1, 0.15) is 4.88 Å². The summed E-state index contributed by atoms with van der Waals surface area (Å²) >= 11 is 7.86. The predicted octanol–water partition coefficient (Wildman–Crippen LogP) is 5.57. The van der Waals surface area contributed by atoms with Crippen molar-refractivity contribution in [2.24, 2.45) is 0 Å². The van der Waals surface area contributed by atoms with E-state index in [0.29, 0.717) is 15.8 Å². The van der Waals surface area contributed by atoms with Crippen LogP contribution >= 0.6 is 22.9 Å². The molecule has 1 atom stereocenters. The van der Waals surface area contributed by atoms with Crippen LogP contribution < -0.4 is 0 Å². The second kappa shape index (κ2) is 6.10. The number of rotatable bonds is 3. The van der Waals surface area contributed by atoms with Gasteiger partial charge in [0.05, 0.1) is 10.7 Å². The summed E-state index contributed by atoms with van der Waals surface area (Å²) in [6.45, 7) is 8.23. The molecule has 0 amide bonds. The van der Waals surface area contributed by atoms with Crippen molar-refractivity contribution >= 4 is 38.9 Å². The number of carbonyl (C=O) groups excluding carboxylic acids is 1. The van der Waals surface area contributed by atoms with E-state index in [2.05, 4.69) is 18.9 Å². The zero-order chi connectivity index (χ0) is 16.7. The predicted molar refractivity (Wildman–Crippen MR) is 97.0 cm³/mol. The van der Waals surface area contributed by atoms with Crippen molar-refractivity contribution in [3.8, 4) is 0 Å². The van der Waals surface area contributed by atoms with Crippen LogP contribution in [0.2, 0.25) is 5.02 Å². The van der Waals surface area contributed by atoms with Gasteiger partial charge in [0, 0.05) is 15.8 Å². The highest BCUT2D eigenvalue weighted by atomic mass is 35.5. The number of hydrogen-bond acceptors (Lipinski definition) is 3. The highest BCUT2D eigenvalue weighted by Gasteiger charge is 2.24. The average Bonchev–Trinajstić information content (AvgIpc) is 3.04. The van der Waals surface area contributed by atoms with Gasteiger partial charge >= 0.3 is 0 Å². The molecule has 0 saturated carbocycles. The summed E-state index contributed by atoms with van der Waals surface area (Å²) in [5.74, 6) is 0.237. The van der Waals surface area contributed by atoms with Crippen molar-refractivity contribution in [1.82, 2.24) is 9.78 Å². The van der Waals surface area contributed by atoms with Gasteiger partial charge in [-0.2, -0.15) is 9.78 Å². The molecule has 0 fully saturated rings. The summed E-state index contributed by atoms with van der Waals surface area (Å²) in [6, 6.07) is 7.80. The smallest absolute Gasteiger partial charge is 0.266 e. The largest absolute Gasteiger partial charge is 0.290 e. The molecule has 120 valence electrons. The molecule has 5 heteroatoms. The van der Waals surface area contributed by atoms with Crippen LogP contribution in [0, 0.1) is 13.8 Å². The molecule has 0 N–H and O–H groups in total. The lowest BCUT2D eigenvalue weighted by Crippen LogP contribution is -2.14. The van der Waals surface area contributed by atoms with E-state index in [1.54, 1.807) is 0 Å². The van der Waals surface area contributed by atoms with Gasteiger partial charge in [0.25, 0.3) is 5.91 Å². The SMILES string of the molecule is CCC(C)c1c(C)nn(C(=O)c2sc3ccccc3c2Cl)c1C. The second-order valence-electron chi connectivity index (χ2n) is 5.85. The Kier molecular flexibility index (Phi) is 4.30. The van der Waals surface area contributed by atoms with Crippen LogP contribution in [-0.2, 0) is 0 Å². The van der Waals surface area contributed by atoms with E-state index in [-0.39, 0.29) is 5.91 Å². The first kappa shape index (κ1) is 16.2. The van der Waals surface area contributed by atoms with Crippen molar-refractivity contribution < 1.29 is 4.79 Å². The quantitative estimate of drug-likeness (QED) is 0.621. The van der Waals surface area contributed by atoms with E-state index in [1.165, 1.54) is 16.0 Å². The third-order valence-electron chi connectivity index (χ3n) is 4.37. The van der Waals surface area contributed by atoms with Gasteiger partial charge in [-0.1, -0.05) is 43.6 Å². The van der Waals surface area contributed by atoms with E-state index in [0.717, 1.165) is 33.5 Å². The van der Waals surface area contributed by atoms with Crippen molar-refractivity contribution in [3.63, 3.8) is 0 Å². The number of hydrogen-bond donors (Lipinski definition) is 0. The molecule has 3 rings (SSSR count). The van der Waals surface area contributed by atoms with Gasteiger partial charge < -0.3 is 0 Å². The topological polar surface area (TPSA) is 34.9 Å². The van der Waals surface area contributed by atoms with E-state index in [9.17, 15) is 4.79 Å². The van der Waals surface area contributed by atoms with Crippen molar-refractivity contribution in [2.45, 2.75) is 40.0 Å². The molecule has 0 saturated heterocycles. The number of fused-ring (bicyclic) bond motifs is 1. The minimum atomic E-state index is -0.147. The molecular weight excluding hydrogens is 328 g/mol. The van der Waals surface area contributed by atoms with Gasteiger partial charge in [0.15, 0.2) is 0 Å². The first-order valence-corrected chi connectivity index (χ1v) is 8.93. The molecule has 1 aromatic carbocycles. The fourth-order valence-corrected chi connectivity index (χ4v) is 4.45. The number of thiophene rings is 1. The number of nitrogens with zero attached hydrogens (tertiary/aromatic N) is 2. The third-order valence-corrected chi connectivity index (χ3v) is 6.04. The van der Waals surface area contributed by atoms with Gasteiger partial charge in [-0.05, 0) is 37.8 Å². The molecule has 3 aromatic rings. The maximum Gasteiger partial charge on any atom is 0.290 e. The molecule has 2 aromatic heterocycles. The third kappa shape index (κ3) is 2.60. The summed E-state index contributed by atoms with van der Waals surface area (Å²) in [6.07, 6.45) is 1.02. The Morgan fingerprint density at radius 1 is 1.35 bits per heavy atom. The number of aryl methyl sites for hydroxylation is 1. The van der Waals surface area contributed by atoms with Crippen LogP contribution in [0.3, 0.4) is 0 Å². The Balaban J connectivity index is 2.11. The normalized spacial score (nSPS) is 12.7. The molecule has 0 radical (unpaired) electrons. The zero-order valence-electron chi connectivity index (χ0n) is 13.7. The lowest BCUT2D eigenvalue weighted by molar-refractivity contribution is 0.0946. The first-order valence-electron chi connectivity index (χ1n) is 7.73. The standard InChI is InChI=1S/C18H19ClN2OS/c1-5-10(2)15-11(3)20-21(12(15)4)18(22)17-16(19)13-8-6-7-9-14(13)23-17/h6-10H,5H2,1-4H3. The number of aromatic nitrogens is 2. The highest BCUT2D eigenvalue weighted by Crippen LogP contribution is 2.36. The molecule has 1 unspecified atom stereocenters. The van der Waals surface area contributed by atoms with Crippen molar-refractivity contribution in [1.29, 1.82) is 0 Å². The maximum atomic E-state index is 13.0. The monoisotopic (exact) mass is 346 g/mol. The number of benzene rings is 1. The molecule has 0 aliphatic heterocycles. The Morgan fingerprint density at radius 3 is 2.70 bits per heavy atom. The first-order chi connectivity index (χ1) is 11.0. The summed E-state index contributed by atoms with van der Waals surface area (Å²) in [5.41, 5.74) is 3.00. The Bertz CT molecular complexity index is 894. The molecule has 0 spiro atoms. The lowest BCUT2D eigenvalue weighted by atomic mass is 9.97. The highest BCUT2D eigenvalue weighted by molar-refractivity contribution is 7.21. The molecular formula is C18H19ClN2OS. The van der Waals surface area contributed by atoms with Crippen LogP contribution in [0.5, 0.6) is 0 Å². The minimum Gasteiger partial charge on any atom is -0.266 e. The van der Waals surface area contributed by atoms with Crippen LogP contribution in [-0.4, -0.2) is 15.7 Å². The van der Waals surface area contributed by atoms with Crippen molar-refractivity contribution in [2.75, 3.05) is 0 Å². The van der Waals surface area contributed by atoms with Gasteiger partial charge in [0.2, 0.25) is 0 Å². The van der Waals surface area contributed by atoms with Crippen LogP contribution in [0.1, 0.15) is 52.8 Å². The Morgan fingerprint density at radius 2 is 2.04 bits per heavy atom. The van der Waals surface area contributed by atoms with Crippen molar-refractivity contribution in [3.05, 3.63) is 51.1 Å². The fourth-order valence-electron chi connectivity index (χ4n) is 3.02. The van der Waals surface area contributed by atoms with E-state index in [1.807, 2.05) is 38.1 Å². The lowest BCUT2D eigenvalue weighted by Gasteiger charge is -2.09. The Labute approximate surface area is 144 Å². The van der Waals surface area contributed by atoms with Gasteiger partial charge in [-0.15, -0.1) is 11.3 Å².